The molecular weight excluding hydrogens is 733 g/mol. The van der Waals surface area contributed by atoms with E-state index in [1.165, 1.54) is 25.7 Å². The first-order valence-electron chi connectivity index (χ1n) is 21.0. The second-order valence-electron chi connectivity index (χ2n) is 13.8. The fourth-order valence-electron chi connectivity index (χ4n) is 5.16. The summed E-state index contributed by atoms with van der Waals surface area (Å²) in [4.78, 5) is 45.8. The van der Waals surface area contributed by atoms with Crippen molar-refractivity contribution in [2.45, 2.75) is 167 Å². The van der Waals surface area contributed by atoms with E-state index in [0.717, 1.165) is 89.9 Å². The number of rotatable bonds is 38. The summed E-state index contributed by atoms with van der Waals surface area (Å²) in [7, 11) is -4.77. The maximum absolute atomic E-state index is 12.3. The number of phosphoric acid groups is 1. The van der Waals surface area contributed by atoms with E-state index in [4.69, 9.17) is 13.8 Å². The summed E-state index contributed by atoms with van der Waals surface area (Å²) in [5.74, 6) is -2.44. The molecule has 0 rings (SSSR count). The lowest BCUT2D eigenvalue weighted by Gasteiger charge is -2.18. The number of hydrogen-bond acceptors (Lipinski definition) is 8. The van der Waals surface area contributed by atoms with E-state index >= 15 is 0 Å². The lowest BCUT2D eigenvalue weighted by Crippen LogP contribution is -2.43. The van der Waals surface area contributed by atoms with Crippen molar-refractivity contribution in [3.63, 3.8) is 0 Å². The van der Waals surface area contributed by atoms with Crippen molar-refractivity contribution in [2.75, 3.05) is 19.8 Å². The molecule has 320 valence electrons. The zero-order valence-corrected chi connectivity index (χ0v) is 35.3. The summed E-state index contributed by atoms with van der Waals surface area (Å²) in [6.07, 6.45) is 45.0. The number of amides is 1. The summed E-state index contributed by atoms with van der Waals surface area (Å²) in [5.41, 5.74) is 0. The van der Waals surface area contributed by atoms with Gasteiger partial charge in [0.25, 0.3) is 0 Å². The van der Waals surface area contributed by atoms with Crippen LogP contribution in [0.15, 0.2) is 72.9 Å². The number of carbonyl (C=O) groups is 3. The molecule has 0 aliphatic heterocycles. The smallest absolute Gasteiger partial charge is 0.472 e. The summed E-state index contributed by atoms with van der Waals surface area (Å²) < 4.78 is 26.8. The number of aliphatic hydroxyl groups excluding tert-OH is 1. The van der Waals surface area contributed by atoms with Gasteiger partial charge >= 0.3 is 19.8 Å². The largest absolute Gasteiger partial charge is 0.480 e. The van der Waals surface area contributed by atoms with Crippen molar-refractivity contribution in [1.82, 2.24) is 5.32 Å². The molecule has 0 aromatic heterocycles. The molecule has 0 saturated carbocycles. The molecule has 3 unspecified atom stereocenters. The first kappa shape index (κ1) is 52.9. The Kier molecular flexibility index (Phi) is 36.6. The molecule has 0 aliphatic carbocycles. The minimum absolute atomic E-state index is 0.123. The summed E-state index contributed by atoms with van der Waals surface area (Å²) in [6, 6.07) is -1.56. The molecule has 0 radical (unpaired) electrons. The van der Waals surface area contributed by atoms with Gasteiger partial charge in [-0.2, -0.15) is 0 Å². The second kappa shape index (κ2) is 38.8. The molecule has 56 heavy (non-hydrogen) atoms. The Labute approximate surface area is 338 Å². The van der Waals surface area contributed by atoms with Crippen LogP contribution in [0.1, 0.15) is 155 Å². The van der Waals surface area contributed by atoms with Crippen molar-refractivity contribution < 1.29 is 47.8 Å². The van der Waals surface area contributed by atoms with Crippen LogP contribution in [-0.4, -0.2) is 64.9 Å². The van der Waals surface area contributed by atoms with Gasteiger partial charge < -0.3 is 25.2 Å². The fourth-order valence-corrected chi connectivity index (χ4v) is 5.93. The maximum atomic E-state index is 12.3. The van der Waals surface area contributed by atoms with Gasteiger partial charge in [0.2, 0.25) is 5.91 Å². The molecule has 3 atom stereocenters. The molecular formula is C44H74NO10P. The van der Waals surface area contributed by atoms with Crippen LogP contribution in [0.2, 0.25) is 0 Å². The van der Waals surface area contributed by atoms with Crippen LogP contribution in [0.3, 0.4) is 0 Å². The lowest BCUT2D eigenvalue weighted by atomic mass is 10.1. The van der Waals surface area contributed by atoms with Gasteiger partial charge in [0, 0.05) is 12.8 Å². The number of esters is 1. The van der Waals surface area contributed by atoms with Crippen LogP contribution >= 0.6 is 7.82 Å². The maximum Gasteiger partial charge on any atom is 0.472 e. The van der Waals surface area contributed by atoms with Gasteiger partial charge in [-0.05, 0) is 83.5 Å². The lowest BCUT2D eigenvalue weighted by molar-refractivity contribution is -0.147. The Bertz CT molecular complexity index is 1230. The summed E-state index contributed by atoms with van der Waals surface area (Å²) >= 11 is 0. The summed E-state index contributed by atoms with van der Waals surface area (Å²) in [6.45, 7) is 2.43. The molecule has 0 aromatic rings. The van der Waals surface area contributed by atoms with Crippen LogP contribution in [0.5, 0.6) is 0 Å². The Morgan fingerprint density at radius 1 is 0.571 bits per heavy atom. The number of unbranched alkanes of at least 4 members (excludes halogenated alkanes) is 12. The topological polar surface area (TPSA) is 169 Å². The predicted octanol–water partition coefficient (Wildman–Crippen LogP) is 10.6. The average molecular weight is 808 g/mol. The molecule has 4 N–H and O–H groups in total. The van der Waals surface area contributed by atoms with E-state index in [0.29, 0.717) is 12.8 Å². The number of nitrogens with one attached hydrogen (secondary N) is 1. The molecule has 0 aromatic carbocycles. The molecule has 0 heterocycles. The number of ether oxygens (including phenoxy) is 1. The molecule has 0 spiro atoms. The van der Waals surface area contributed by atoms with E-state index in [2.05, 4.69) is 92.1 Å². The third kappa shape index (κ3) is 37.8. The highest BCUT2D eigenvalue weighted by molar-refractivity contribution is 7.47. The van der Waals surface area contributed by atoms with Crippen LogP contribution < -0.4 is 5.32 Å². The first-order chi connectivity index (χ1) is 27.1. The molecule has 11 nitrogen and oxygen atoms in total. The molecule has 0 saturated heterocycles. The van der Waals surface area contributed by atoms with E-state index in [1.807, 2.05) is 0 Å². The number of carboxylic acids is 1. The number of allylic oxidation sites excluding steroid dienone is 12. The summed E-state index contributed by atoms with van der Waals surface area (Å²) in [5, 5.41) is 21.8. The van der Waals surface area contributed by atoms with Gasteiger partial charge in [0.15, 0.2) is 6.04 Å². The molecule has 0 bridgehead atoms. The van der Waals surface area contributed by atoms with Crippen molar-refractivity contribution in [3.8, 4) is 0 Å². The number of carbonyl (C=O) groups excluding carboxylic acids is 2. The average Bonchev–Trinajstić information content (AvgIpc) is 3.17. The van der Waals surface area contributed by atoms with Gasteiger partial charge in [-0.15, -0.1) is 0 Å². The zero-order valence-electron chi connectivity index (χ0n) is 34.4. The van der Waals surface area contributed by atoms with Crippen molar-refractivity contribution in [1.29, 1.82) is 0 Å². The van der Waals surface area contributed by atoms with Crippen LogP contribution in [0.4, 0.5) is 0 Å². The van der Waals surface area contributed by atoms with E-state index in [9.17, 15) is 34.1 Å². The fraction of sp³-hybridized carbons (Fsp3) is 0.659. The van der Waals surface area contributed by atoms with Crippen molar-refractivity contribution >= 4 is 25.7 Å². The Hall–Kier alpha value is -3.08. The second-order valence-corrected chi connectivity index (χ2v) is 15.3. The van der Waals surface area contributed by atoms with Crippen molar-refractivity contribution in [2.24, 2.45) is 0 Å². The number of aliphatic carboxylic acids is 1. The third-order valence-corrected chi connectivity index (χ3v) is 9.40. The third-order valence-electron chi connectivity index (χ3n) is 8.45. The van der Waals surface area contributed by atoms with E-state index < -0.39 is 57.6 Å². The number of aliphatic hydroxyl groups is 1. The number of carboxylic acid groups (broad SMARTS) is 1. The monoisotopic (exact) mass is 808 g/mol. The SMILES string of the molecule is CCC/C=C\C/C=C\CCCCCCCC(=O)NC(COP(=O)(O)OCC(O)COC(=O)CCCCC/C=C\C/C=C\C/C=C\C/C=C\CCCCC)C(=O)O. The Balaban J connectivity index is 4.00. The van der Waals surface area contributed by atoms with Gasteiger partial charge in [0.05, 0.1) is 13.2 Å². The number of phosphoric ester groups is 1. The molecule has 1 amide bonds. The molecule has 12 heteroatoms. The van der Waals surface area contributed by atoms with Crippen molar-refractivity contribution in [3.05, 3.63) is 72.9 Å². The van der Waals surface area contributed by atoms with Gasteiger partial charge in [-0.25, -0.2) is 9.36 Å². The van der Waals surface area contributed by atoms with Gasteiger partial charge in [0.1, 0.15) is 12.7 Å². The highest BCUT2D eigenvalue weighted by Gasteiger charge is 2.28. The highest BCUT2D eigenvalue weighted by atomic mass is 31.2. The zero-order chi connectivity index (χ0) is 41.4. The molecule has 0 fully saturated rings. The first-order valence-corrected chi connectivity index (χ1v) is 22.5. The minimum Gasteiger partial charge on any atom is -0.480 e. The quantitative estimate of drug-likeness (QED) is 0.0204. The Morgan fingerprint density at radius 2 is 1.02 bits per heavy atom. The minimum atomic E-state index is -4.77. The van der Waals surface area contributed by atoms with Crippen LogP contribution in [0.25, 0.3) is 0 Å². The standard InChI is InChI=1S/C44H74NO10P/c1-3-5-7-9-11-13-15-17-18-19-20-21-22-24-26-28-30-32-34-36-43(48)53-37-40(46)38-54-56(51,52)55-39-41(44(49)50)45-42(47)35-33-31-29-27-25-23-16-14-12-10-8-6-4-2/h8,10-11,13-14,16-18,20-21,24,26,40-41,46H,3-7,9,12,15,19,22-23,25,27-39H2,1-2H3,(H,45,47)(H,49,50)(H,51,52)/b10-8-,13-11-,16-14-,18-17-,21-20-,26-24-. The predicted molar refractivity (Wildman–Crippen MR) is 226 cm³/mol. The van der Waals surface area contributed by atoms with Crippen LogP contribution in [0, 0.1) is 0 Å². The van der Waals surface area contributed by atoms with Gasteiger partial charge in [-0.3, -0.25) is 18.6 Å². The van der Waals surface area contributed by atoms with Gasteiger partial charge in [-0.1, -0.05) is 132 Å². The van der Waals surface area contributed by atoms with E-state index in [1.54, 1.807) is 0 Å². The highest BCUT2D eigenvalue weighted by Crippen LogP contribution is 2.43. The van der Waals surface area contributed by atoms with Crippen LogP contribution in [-0.2, 0) is 32.7 Å². The molecule has 0 aliphatic rings. The Morgan fingerprint density at radius 3 is 1.55 bits per heavy atom. The van der Waals surface area contributed by atoms with E-state index in [-0.39, 0.29) is 12.8 Å². The normalized spacial score (nSPS) is 14.5. The number of hydrogen-bond donors (Lipinski definition) is 4.